The standard InChI is InChI=1S/C18H22O2/c1-16-8-7-15(19)17(2)11-18(16,17)9-6-12-4-5-13(20-3)10-14(12)16/h4-5,10H,6-9,11H2,1-3H3/t16-,17?,18+/m1/s1. The van der Waals surface area contributed by atoms with Gasteiger partial charge in [0.15, 0.2) is 0 Å². The molecule has 0 amide bonds. The smallest absolute Gasteiger partial charge is 0.139 e. The van der Waals surface area contributed by atoms with Crippen LogP contribution >= 0.6 is 0 Å². The van der Waals surface area contributed by atoms with Crippen LogP contribution < -0.4 is 4.74 Å². The van der Waals surface area contributed by atoms with Crippen molar-refractivity contribution in [3.8, 4) is 5.75 Å². The van der Waals surface area contributed by atoms with E-state index in [1.807, 2.05) is 0 Å². The zero-order valence-corrected chi connectivity index (χ0v) is 12.6. The molecule has 0 N–H and O–H groups in total. The Morgan fingerprint density at radius 2 is 1.90 bits per heavy atom. The third-order valence-electron chi connectivity index (χ3n) is 6.84. The van der Waals surface area contributed by atoms with Gasteiger partial charge in [-0.05, 0) is 59.8 Å². The lowest BCUT2D eigenvalue weighted by Gasteiger charge is -2.49. The van der Waals surface area contributed by atoms with Crippen LogP contribution in [0.4, 0.5) is 0 Å². The van der Waals surface area contributed by atoms with Crippen molar-refractivity contribution in [1.82, 2.24) is 0 Å². The van der Waals surface area contributed by atoms with E-state index in [0.29, 0.717) is 5.78 Å². The average Bonchev–Trinajstić information content (AvgIpc) is 3.09. The zero-order valence-electron chi connectivity index (χ0n) is 12.6. The molecule has 0 bridgehead atoms. The largest absolute Gasteiger partial charge is 0.497 e. The molecule has 0 heterocycles. The van der Waals surface area contributed by atoms with E-state index < -0.39 is 0 Å². The van der Waals surface area contributed by atoms with Gasteiger partial charge in [-0.1, -0.05) is 19.9 Å². The Morgan fingerprint density at radius 1 is 1.10 bits per heavy atom. The Kier molecular flexibility index (Phi) is 2.16. The Balaban J connectivity index is 1.90. The molecule has 1 spiro atoms. The number of methoxy groups -OCH3 is 1. The van der Waals surface area contributed by atoms with Crippen molar-refractivity contribution in [2.45, 2.75) is 51.4 Å². The third-order valence-corrected chi connectivity index (χ3v) is 6.84. The highest BCUT2D eigenvalue weighted by atomic mass is 16.5. The topological polar surface area (TPSA) is 26.3 Å². The maximum Gasteiger partial charge on any atom is 0.139 e. The number of aryl methyl sites for hydroxylation is 1. The fourth-order valence-corrected chi connectivity index (χ4v) is 5.40. The highest BCUT2D eigenvalue weighted by Crippen LogP contribution is 2.79. The minimum absolute atomic E-state index is 0.0548. The van der Waals surface area contributed by atoms with Crippen LogP contribution in [0, 0.1) is 10.8 Å². The summed E-state index contributed by atoms with van der Waals surface area (Å²) in [5.74, 6) is 1.45. The Morgan fingerprint density at radius 3 is 2.65 bits per heavy atom. The van der Waals surface area contributed by atoms with Crippen molar-refractivity contribution in [3.05, 3.63) is 29.3 Å². The van der Waals surface area contributed by atoms with Crippen molar-refractivity contribution in [2.24, 2.45) is 10.8 Å². The van der Waals surface area contributed by atoms with Gasteiger partial charge in [0.25, 0.3) is 0 Å². The first-order chi connectivity index (χ1) is 9.47. The van der Waals surface area contributed by atoms with Gasteiger partial charge in [0, 0.05) is 11.8 Å². The van der Waals surface area contributed by atoms with Crippen LogP contribution in [0.5, 0.6) is 5.75 Å². The molecular weight excluding hydrogens is 248 g/mol. The monoisotopic (exact) mass is 270 g/mol. The Bertz CT molecular complexity index is 620. The normalized spacial score (nSPS) is 41.5. The lowest BCUT2D eigenvalue weighted by molar-refractivity contribution is -0.129. The van der Waals surface area contributed by atoms with E-state index in [1.54, 1.807) is 7.11 Å². The Labute approximate surface area is 120 Å². The van der Waals surface area contributed by atoms with E-state index in [2.05, 4.69) is 32.0 Å². The molecule has 0 aliphatic heterocycles. The molecule has 3 aliphatic carbocycles. The number of rotatable bonds is 1. The number of carbonyl (C=O) groups is 1. The number of ketones is 1. The SMILES string of the molecule is COc1ccc2c(c1)[C@@]1(C)CCC(=O)C3(C)C[C@]31CC2. The van der Waals surface area contributed by atoms with E-state index in [-0.39, 0.29) is 16.2 Å². The first kappa shape index (κ1) is 12.4. The lowest BCUT2D eigenvalue weighted by atomic mass is 9.54. The summed E-state index contributed by atoms with van der Waals surface area (Å²) in [7, 11) is 1.73. The molecule has 2 nitrogen and oxygen atoms in total. The molecular formula is C18H22O2. The highest BCUT2D eigenvalue weighted by molar-refractivity contribution is 5.91. The molecule has 0 aromatic heterocycles. The van der Waals surface area contributed by atoms with E-state index in [1.165, 1.54) is 17.5 Å². The number of benzene rings is 1. The van der Waals surface area contributed by atoms with Gasteiger partial charge in [0.2, 0.25) is 0 Å². The quantitative estimate of drug-likeness (QED) is 0.778. The maximum atomic E-state index is 12.4. The molecule has 4 rings (SSSR count). The molecule has 1 aromatic rings. The van der Waals surface area contributed by atoms with Crippen LogP contribution in [0.3, 0.4) is 0 Å². The molecule has 3 aliphatic rings. The molecule has 3 atom stereocenters. The van der Waals surface area contributed by atoms with Gasteiger partial charge in [-0.3, -0.25) is 4.79 Å². The number of fused-ring (bicyclic) bond motifs is 2. The van der Waals surface area contributed by atoms with Gasteiger partial charge < -0.3 is 4.74 Å². The van der Waals surface area contributed by atoms with Gasteiger partial charge in [-0.2, -0.15) is 0 Å². The molecule has 1 aromatic carbocycles. The van der Waals surface area contributed by atoms with Crippen molar-refractivity contribution < 1.29 is 9.53 Å². The summed E-state index contributed by atoms with van der Waals surface area (Å²) in [5.41, 5.74) is 3.22. The van der Waals surface area contributed by atoms with Crippen LogP contribution in [0.2, 0.25) is 0 Å². The molecule has 2 saturated carbocycles. The van der Waals surface area contributed by atoms with E-state index in [0.717, 1.165) is 31.4 Å². The number of carbonyl (C=O) groups excluding carboxylic acids is 1. The maximum absolute atomic E-state index is 12.4. The van der Waals surface area contributed by atoms with Crippen LogP contribution in [-0.4, -0.2) is 12.9 Å². The first-order valence-electron chi connectivity index (χ1n) is 7.68. The van der Waals surface area contributed by atoms with E-state index in [4.69, 9.17) is 4.74 Å². The molecule has 20 heavy (non-hydrogen) atoms. The van der Waals surface area contributed by atoms with Crippen molar-refractivity contribution in [3.63, 3.8) is 0 Å². The second-order valence-electron chi connectivity index (χ2n) is 7.37. The first-order valence-corrected chi connectivity index (χ1v) is 7.68. The summed E-state index contributed by atoms with van der Waals surface area (Å²) in [6, 6.07) is 6.52. The Hall–Kier alpha value is -1.31. The number of Topliss-reactive ketones (excluding diaryl/α,β-unsaturated/α-hetero) is 1. The lowest BCUT2D eigenvalue weighted by Crippen LogP contribution is -2.47. The summed E-state index contributed by atoms with van der Waals surface area (Å²) in [6.45, 7) is 4.60. The minimum atomic E-state index is -0.0548. The van der Waals surface area contributed by atoms with Crippen molar-refractivity contribution in [2.75, 3.05) is 7.11 Å². The number of hydrogen-bond acceptors (Lipinski definition) is 2. The van der Waals surface area contributed by atoms with Crippen LogP contribution in [0.25, 0.3) is 0 Å². The summed E-state index contributed by atoms with van der Waals surface area (Å²) in [5, 5.41) is 0. The van der Waals surface area contributed by atoms with Gasteiger partial charge >= 0.3 is 0 Å². The zero-order chi connectivity index (χ0) is 14.2. The second kappa shape index (κ2) is 3.47. The predicted octanol–water partition coefficient (Wildman–Crippen LogP) is 3.66. The predicted molar refractivity (Wildman–Crippen MR) is 78.1 cm³/mol. The fourth-order valence-electron chi connectivity index (χ4n) is 5.40. The van der Waals surface area contributed by atoms with Gasteiger partial charge in [0.1, 0.15) is 11.5 Å². The van der Waals surface area contributed by atoms with Gasteiger partial charge in [-0.15, -0.1) is 0 Å². The molecule has 106 valence electrons. The molecule has 2 heteroatoms. The summed E-state index contributed by atoms with van der Waals surface area (Å²) >= 11 is 0. The van der Waals surface area contributed by atoms with Gasteiger partial charge in [-0.25, -0.2) is 0 Å². The number of hydrogen-bond donors (Lipinski definition) is 0. The van der Waals surface area contributed by atoms with Gasteiger partial charge in [0.05, 0.1) is 7.11 Å². The third kappa shape index (κ3) is 1.15. The summed E-state index contributed by atoms with van der Waals surface area (Å²) in [4.78, 5) is 12.4. The number of ether oxygens (including phenoxy) is 1. The summed E-state index contributed by atoms with van der Waals surface area (Å²) in [6.07, 6.45) is 5.11. The van der Waals surface area contributed by atoms with Crippen LogP contribution in [-0.2, 0) is 16.6 Å². The van der Waals surface area contributed by atoms with Crippen LogP contribution in [0.15, 0.2) is 18.2 Å². The fraction of sp³-hybridized carbons (Fsp3) is 0.611. The van der Waals surface area contributed by atoms with Crippen molar-refractivity contribution in [1.29, 1.82) is 0 Å². The van der Waals surface area contributed by atoms with E-state index >= 15 is 0 Å². The summed E-state index contributed by atoms with van der Waals surface area (Å²) < 4.78 is 5.43. The van der Waals surface area contributed by atoms with Crippen molar-refractivity contribution >= 4 is 5.78 Å². The molecule has 1 unspecified atom stereocenters. The minimum Gasteiger partial charge on any atom is -0.497 e. The molecule has 0 saturated heterocycles. The average molecular weight is 270 g/mol. The molecule has 0 radical (unpaired) electrons. The highest BCUT2D eigenvalue weighted by Gasteiger charge is 2.77. The molecule has 2 fully saturated rings. The van der Waals surface area contributed by atoms with Crippen LogP contribution in [0.1, 0.15) is 50.7 Å². The second-order valence-corrected chi connectivity index (χ2v) is 7.37. The van der Waals surface area contributed by atoms with E-state index in [9.17, 15) is 4.79 Å².